The Kier molecular flexibility index (Phi) is 5.38. The molecule has 9 heteroatoms. The zero-order chi connectivity index (χ0) is 22.2. The van der Waals surface area contributed by atoms with E-state index >= 15 is 0 Å². The summed E-state index contributed by atoms with van der Waals surface area (Å²) in [6, 6.07) is 12.7. The number of hydroxylamine groups is 1. The van der Waals surface area contributed by atoms with Crippen LogP contribution in [0.3, 0.4) is 0 Å². The van der Waals surface area contributed by atoms with Crippen molar-refractivity contribution < 1.29 is 18.4 Å². The predicted octanol–water partition coefficient (Wildman–Crippen LogP) is 2.57. The lowest BCUT2D eigenvalue weighted by molar-refractivity contribution is -0.124. The molecule has 0 fully saturated rings. The van der Waals surface area contributed by atoms with Crippen molar-refractivity contribution in [2.75, 3.05) is 29.8 Å². The summed E-state index contributed by atoms with van der Waals surface area (Å²) >= 11 is 0. The molecule has 31 heavy (non-hydrogen) atoms. The number of carbonyl (C=O) groups is 1. The second-order valence-electron chi connectivity index (χ2n) is 7.41. The average molecular weight is 439 g/mol. The summed E-state index contributed by atoms with van der Waals surface area (Å²) in [5.41, 5.74) is 3.89. The number of hydrogen-bond donors (Lipinski definition) is 2. The molecule has 0 radical (unpaired) electrons. The molecule has 2 N–H and O–H groups in total. The van der Waals surface area contributed by atoms with Gasteiger partial charge in [0.25, 0.3) is 15.9 Å². The van der Waals surface area contributed by atoms with Gasteiger partial charge in [0.15, 0.2) is 0 Å². The third kappa shape index (κ3) is 3.73. The first-order valence-corrected chi connectivity index (χ1v) is 11.1. The van der Waals surface area contributed by atoms with E-state index in [2.05, 4.69) is 4.98 Å². The summed E-state index contributed by atoms with van der Waals surface area (Å²) in [6.45, 7) is 0.290. The smallest absolute Gasteiger partial charge is 0.267 e. The standard InChI is InChI=1S/C22H22N4O4S/c1-25(2)19-7-3-6-18-17(19)5-4-8-20(18)31(29,30)26-12-11-16-13-15(14-23-22(16)26)9-10-21(27)24-28/h3-10,13-14,28H,11-12H2,1-2H3,(H,24,27). The van der Waals surface area contributed by atoms with Crippen molar-refractivity contribution in [1.82, 2.24) is 10.5 Å². The first-order valence-electron chi connectivity index (χ1n) is 9.66. The number of nitrogens with one attached hydrogen (secondary N) is 1. The molecular weight excluding hydrogens is 416 g/mol. The number of aromatic nitrogens is 1. The molecule has 0 bridgehead atoms. The van der Waals surface area contributed by atoms with Crippen molar-refractivity contribution in [2.45, 2.75) is 11.3 Å². The first kappa shape index (κ1) is 20.8. The van der Waals surface area contributed by atoms with Gasteiger partial charge in [-0.2, -0.15) is 0 Å². The van der Waals surface area contributed by atoms with E-state index in [0.29, 0.717) is 29.7 Å². The Morgan fingerprint density at radius 1 is 1.19 bits per heavy atom. The van der Waals surface area contributed by atoms with Gasteiger partial charge in [-0.25, -0.2) is 23.2 Å². The summed E-state index contributed by atoms with van der Waals surface area (Å²) in [5, 5.41) is 10.1. The molecule has 1 aliphatic rings. The third-order valence-corrected chi connectivity index (χ3v) is 7.08. The van der Waals surface area contributed by atoms with Gasteiger partial charge in [0.1, 0.15) is 5.82 Å². The number of benzene rings is 2. The fourth-order valence-corrected chi connectivity index (χ4v) is 5.46. The number of anilines is 2. The molecule has 1 amide bonds. The van der Waals surface area contributed by atoms with Crippen LogP contribution in [0.15, 0.2) is 59.6 Å². The highest BCUT2D eigenvalue weighted by molar-refractivity contribution is 7.93. The maximum atomic E-state index is 13.6. The van der Waals surface area contributed by atoms with Crippen LogP contribution < -0.4 is 14.7 Å². The molecule has 1 aromatic heterocycles. The van der Waals surface area contributed by atoms with E-state index in [4.69, 9.17) is 5.21 Å². The summed E-state index contributed by atoms with van der Waals surface area (Å²) < 4.78 is 28.6. The van der Waals surface area contributed by atoms with Crippen molar-refractivity contribution in [3.8, 4) is 0 Å². The van der Waals surface area contributed by atoms with Gasteiger partial charge in [-0.15, -0.1) is 0 Å². The molecule has 0 aliphatic carbocycles. The Hall–Kier alpha value is -3.43. The van der Waals surface area contributed by atoms with Crippen molar-refractivity contribution >= 4 is 44.3 Å². The van der Waals surface area contributed by atoms with Crippen molar-refractivity contribution in [1.29, 1.82) is 0 Å². The normalized spacial score (nSPS) is 13.6. The van der Waals surface area contributed by atoms with Crippen LogP contribution in [0.5, 0.6) is 0 Å². The molecule has 0 atom stereocenters. The van der Waals surface area contributed by atoms with Crippen LogP contribution in [0.2, 0.25) is 0 Å². The number of carbonyl (C=O) groups excluding carboxylic acids is 1. The molecule has 2 heterocycles. The molecule has 0 unspecified atom stereocenters. The molecule has 4 rings (SSSR count). The maximum absolute atomic E-state index is 13.6. The minimum atomic E-state index is -3.83. The lowest BCUT2D eigenvalue weighted by Gasteiger charge is -2.21. The molecule has 3 aromatic rings. The van der Waals surface area contributed by atoms with E-state index in [1.54, 1.807) is 18.2 Å². The number of fused-ring (bicyclic) bond motifs is 2. The Morgan fingerprint density at radius 3 is 2.68 bits per heavy atom. The number of sulfonamides is 1. The van der Waals surface area contributed by atoms with Crippen LogP contribution in [-0.4, -0.2) is 45.2 Å². The number of rotatable bonds is 5. The van der Waals surface area contributed by atoms with Crippen LogP contribution in [-0.2, 0) is 21.2 Å². The highest BCUT2D eigenvalue weighted by atomic mass is 32.2. The zero-order valence-corrected chi connectivity index (χ0v) is 17.9. The van der Waals surface area contributed by atoms with Crippen molar-refractivity contribution in [3.63, 3.8) is 0 Å². The maximum Gasteiger partial charge on any atom is 0.267 e. The Labute approximate surface area is 180 Å². The largest absolute Gasteiger partial charge is 0.377 e. The van der Waals surface area contributed by atoms with Crippen LogP contribution in [0.1, 0.15) is 11.1 Å². The van der Waals surface area contributed by atoms with Crippen LogP contribution in [0.4, 0.5) is 11.5 Å². The lowest BCUT2D eigenvalue weighted by Crippen LogP contribution is -2.30. The monoisotopic (exact) mass is 438 g/mol. The lowest BCUT2D eigenvalue weighted by atomic mass is 10.1. The second-order valence-corrected chi connectivity index (χ2v) is 9.24. The average Bonchev–Trinajstić information content (AvgIpc) is 3.20. The summed E-state index contributed by atoms with van der Waals surface area (Å²) in [7, 11) is 0.0203. The van der Waals surface area contributed by atoms with E-state index in [1.807, 2.05) is 43.3 Å². The number of pyridine rings is 1. The highest BCUT2D eigenvalue weighted by Gasteiger charge is 2.33. The molecular formula is C22H22N4O4S. The third-order valence-electron chi connectivity index (χ3n) is 5.23. The topological polar surface area (TPSA) is 103 Å². The predicted molar refractivity (Wildman–Crippen MR) is 120 cm³/mol. The number of nitrogens with zero attached hydrogens (tertiary/aromatic N) is 3. The minimum Gasteiger partial charge on any atom is -0.377 e. The highest BCUT2D eigenvalue weighted by Crippen LogP contribution is 2.36. The second kappa shape index (κ2) is 8.01. The Bertz CT molecular complexity index is 1300. The summed E-state index contributed by atoms with van der Waals surface area (Å²) in [6.07, 6.45) is 4.69. The van der Waals surface area contributed by atoms with Gasteiger partial charge in [-0.1, -0.05) is 24.3 Å². The SMILES string of the molecule is CN(C)c1cccc2c(S(=O)(=O)N3CCc4cc(C=CC(=O)NO)cnc43)cccc12. The van der Waals surface area contributed by atoms with Gasteiger partial charge < -0.3 is 4.90 Å². The van der Waals surface area contributed by atoms with E-state index in [-0.39, 0.29) is 4.90 Å². The summed E-state index contributed by atoms with van der Waals surface area (Å²) in [4.78, 5) is 17.7. The minimum absolute atomic E-state index is 0.243. The molecule has 8 nitrogen and oxygen atoms in total. The van der Waals surface area contributed by atoms with Gasteiger partial charge in [-0.3, -0.25) is 10.0 Å². The van der Waals surface area contributed by atoms with Gasteiger partial charge in [-0.05, 0) is 41.8 Å². The van der Waals surface area contributed by atoms with E-state index < -0.39 is 15.9 Å². The summed E-state index contributed by atoms with van der Waals surface area (Å²) in [5.74, 6) is -0.262. The molecule has 0 saturated heterocycles. The fraction of sp³-hybridized carbons (Fsp3) is 0.182. The molecule has 1 aliphatic heterocycles. The van der Waals surface area contributed by atoms with Gasteiger partial charge >= 0.3 is 0 Å². The van der Waals surface area contributed by atoms with Crippen molar-refractivity contribution in [2.24, 2.45) is 0 Å². The number of amides is 1. The molecule has 0 saturated carbocycles. The van der Waals surface area contributed by atoms with Gasteiger partial charge in [0, 0.05) is 49.4 Å². The van der Waals surface area contributed by atoms with E-state index in [0.717, 1.165) is 16.6 Å². The van der Waals surface area contributed by atoms with Crippen LogP contribution >= 0.6 is 0 Å². The van der Waals surface area contributed by atoms with E-state index in [1.165, 1.54) is 28.1 Å². The quantitative estimate of drug-likeness (QED) is 0.361. The fourth-order valence-electron chi connectivity index (χ4n) is 3.79. The first-order chi connectivity index (χ1) is 14.8. The Morgan fingerprint density at radius 2 is 1.94 bits per heavy atom. The van der Waals surface area contributed by atoms with Crippen molar-refractivity contribution in [3.05, 3.63) is 65.9 Å². The molecule has 2 aromatic carbocycles. The molecule has 160 valence electrons. The van der Waals surface area contributed by atoms with Gasteiger partial charge in [0.2, 0.25) is 0 Å². The zero-order valence-electron chi connectivity index (χ0n) is 17.1. The molecule has 0 spiro atoms. The van der Waals surface area contributed by atoms with E-state index in [9.17, 15) is 13.2 Å². The number of hydrogen-bond acceptors (Lipinski definition) is 6. The van der Waals surface area contributed by atoms with Crippen LogP contribution in [0, 0.1) is 0 Å². The Balaban J connectivity index is 1.75. The van der Waals surface area contributed by atoms with Crippen LogP contribution in [0.25, 0.3) is 16.8 Å². The van der Waals surface area contributed by atoms with Gasteiger partial charge in [0.05, 0.1) is 4.90 Å².